The molecule has 3 rings (SSSR count). The molecule has 1 aliphatic heterocycles. The molecule has 8 heteroatoms. The van der Waals surface area contributed by atoms with Crippen molar-refractivity contribution in [3.8, 4) is 0 Å². The van der Waals surface area contributed by atoms with Crippen molar-refractivity contribution < 1.29 is 9.59 Å². The van der Waals surface area contributed by atoms with Gasteiger partial charge in [-0.1, -0.05) is 30.6 Å². The number of aromatic nitrogens is 2. The summed E-state index contributed by atoms with van der Waals surface area (Å²) in [6.07, 6.45) is 7.72. The van der Waals surface area contributed by atoms with Crippen molar-refractivity contribution >= 4 is 28.3 Å². The van der Waals surface area contributed by atoms with Gasteiger partial charge in [0.2, 0.25) is 16.9 Å². The Morgan fingerprint density at radius 1 is 1.17 bits per heavy atom. The molecule has 0 aromatic carbocycles. The van der Waals surface area contributed by atoms with Gasteiger partial charge in [-0.05, 0) is 25.7 Å². The van der Waals surface area contributed by atoms with Crippen LogP contribution in [-0.2, 0) is 16.0 Å². The van der Waals surface area contributed by atoms with Crippen LogP contribution < -0.4 is 11.1 Å². The molecule has 0 spiro atoms. The molecule has 1 aromatic heterocycles. The quantitative estimate of drug-likeness (QED) is 0.834. The zero-order chi connectivity index (χ0) is 16.9. The molecule has 2 aliphatic rings. The maximum Gasteiger partial charge on any atom is 0.242 e. The molecule has 1 aliphatic carbocycles. The molecule has 7 nitrogen and oxygen atoms in total. The number of likely N-dealkylation sites (tertiary alicyclic amines) is 1. The Morgan fingerprint density at radius 2 is 1.96 bits per heavy atom. The van der Waals surface area contributed by atoms with Gasteiger partial charge in [0.1, 0.15) is 11.0 Å². The first-order chi connectivity index (χ1) is 11.6. The molecule has 132 valence electrons. The standard InChI is InChI=1S/C16H25N5O2S/c17-16-20-19-13(24-16)8-9-18-14(22)12-7-4-10-21(12)15(23)11-5-2-1-3-6-11/h11-12H,1-10H2,(H2,17,20)(H,18,22)/t12-/m1/s1. The molecule has 0 unspecified atom stereocenters. The Bertz CT molecular complexity index is 585. The van der Waals surface area contributed by atoms with E-state index in [1.54, 1.807) is 0 Å². The van der Waals surface area contributed by atoms with Gasteiger partial charge in [-0.2, -0.15) is 0 Å². The van der Waals surface area contributed by atoms with E-state index in [1.807, 2.05) is 4.90 Å². The summed E-state index contributed by atoms with van der Waals surface area (Å²) in [7, 11) is 0. The molecule has 1 saturated carbocycles. The minimum absolute atomic E-state index is 0.0471. The van der Waals surface area contributed by atoms with E-state index in [-0.39, 0.29) is 23.8 Å². The van der Waals surface area contributed by atoms with Gasteiger partial charge >= 0.3 is 0 Å². The highest BCUT2D eigenvalue weighted by Crippen LogP contribution is 2.28. The van der Waals surface area contributed by atoms with Gasteiger partial charge in [0.05, 0.1) is 0 Å². The molecule has 1 saturated heterocycles. The van der Waals surface area contributed by atoms with Gasteiger partial charge in [0.15, 0.2) is 0 Å². The van der Waals surface area contributed by atoms with E-state index < -0.39 is 0 Å². The van der Waals surface area contributed by atoms with Gasteiger partial charge in [0.25, 0.3) is 0 Å². The van der Waals surface area contributed by atoms with Crippen molar-refractivity contribution in [1.29, 1.82) is 0 Å². The van der Waals surface area contributed by atoms with Crippen LogP contribution in [0.25, 0.3) is 0 Å². The fraction of sp³-hybridized carbons (Fsp3) is 0.750. The molecule has 0 radical (unpaired) electrons. The lowest BCUT2D eigenvalue weighted by molar-refractivity contribution is -0.142. The summed E-state index contributed by atoms with van der Waals surface area (Å²) in [5.74, 6) is 0.259. The number of rotatable bonds is 5. The van der Waals surface area contributed by atoms with Gasteiger partial charge < -0.3 is 16.0 Å². The van der Waals surface area contributed by atoms with E-state index in [0.717, 1.165) is 43.5 Å². The van der Waals surface area contributed by atoms with Crippen molar-refractivity contribution in [2.75, 3.05) is 18.8 Å². The van der Waals surface area contributed by atoms with E-state index in [4.69, 9.17) is 5.73 Å². The lowest BCUT2D eigenvalue weighted by atomic mass is 9.88. The van der Waals surface area contributed by atoms with E-state index >= 15 is 0 Å². The van der Waals surface area contributed by atoms with Crippen LogP contribution in [0.1, 0.15) is 50.0 Å². The largest absolute Gasteiger partial charge is 0.374 e. The summed E-state index contributed by atoms with van der Waals surface area (Å²) in [6, 6.07) is -0.307. The van der Waals surface area contributed by atoms with Crippen LogP contribution in [0.15, 0.2) is 0 Å². The van der Waals surface area contributed by atoms with Crippen molar-refractivity contribution in [3.05, 3.63) is 5.01 Å². The average molecular weight is 351 g/mol. The fourth-order valence-electron chi connectivity index (χ4n) is 3.67. The Balaban J connectivity index is 1.50. The number of hydrogen-bond acceptors (Lipinski definition) is 6. The van der Waals surface area contributed by atoms with E-state index in [1.165, 1.54) is 17.8 Å². The molecule has 0 bridgehead atoms. The SMILES string of the molecule is Nc1nnc(CCNC(=O)[C@H]2CCCN2C(=O)C2CCCCC2)s1. The van der Waals surface area contributed by atoms with Crippen molar-refractivity contribution in [1.82, 2.24) is 20.4 Å². The van der Waals surface area contributed by atoms with Gasteiger partial charge in [-0.3, -0.25) is 9.59 Å². The number of carbonyl (C=O) groups excluding carboxylic acids is 2. The second kappa shape index (κ2) is 7.92. The second-order valence-electron chi connectivity index (χ2n) is 6.60. The molecule has 1 atom stereocenters. The van der Waals surface area contributed by atoms with Crippen molar-refractivity contribution in [2.45, 2.75) is 57.4 Å². The Morgan fingerprint density at radius 3 is 2.67 bits per heavy atom. The third kappa shape index (κ3) is 4.03. The van der Waals surface area contributed by atoms with E-state index in [0.29, 0.717) is 24.6 Å². The first-order valence-corrected chi connectivity index (χ1v) is 9.63. The van der Waals surface area contributed by atoms with Crippen LogP contribution in [0.2, 0.25) is 0 Å². The summed E-state index contributed by atoms with van der Waals surface area (Å²) < 4.78 is 0. The van der Waals surface area contributed by atoms with Gasteiger partial charge in [0, 0.05) is 25.4 Å². The number of nitrogens with zero attached hydrogens (tertiary/aromatic N) is 3. The van der Waals surface area contributed by atoms with Crippen LogP contribution in [0.4, 0.5) is 5.13 Å². The number of carbonyl (C=O) groups is 2. The van der Waals surface area contributed by atoms with Gasteiger partial charge in [-0.15, -0.1) is 10.2 Å². The summed E-state index contributed by atoms with van der Waals surface area (Å²) in [6.45, 7) is 1.20. The number of anilines is 1. The van der Waals surface area contributed by atoms with Crippen LogP contribution >= 0.6 is 11.3 Å². The van der Waals surface area contributed by atoms with Crippen LogP contribution in [0.5, 0.6) is 0 Å². The number of amides is 2. The van der Waals surface area contributed by atoms with Gasteiger partial charge in [-0.25, -0.2) is 0 Å². The van der Waals surface area contributed by atoms with Crippen LogP contribution in [0, 0.1) is 5.92 Å². The lowest BCUT2D eigenvalue weighted by Gasteiger charge is -2.30. The van der Waals surface area contributed by atoms with E-state index in [2.05, 4.69) is 15.5 Å². The smallest absolute Gasteiger partial charge is 0.242 e. The summed E-state index contributed by atoms with van der Waals surface area (Å²) in [4.78, 5) is 27.0. The average Bonchev–Trinajstić information content (AvgIpc) is 3.24. The third-order valence-corrected chi connectivity index (χ3v) is 5.73. The number of nitrogens with two attached hydrogens (primary N) is 1. The Kier molecular flexibility index (Phi) is 5.65. The van der Waals surface area contributed by atoms with E-state index in [9.17, 15) is 9.59 Å². The number of nitrogen functional groups attached to an aromatic ring is 1. The maximum absolute atomic E-state index is 12.7. The number of nitrogens with one attached hydrogen (secondary N) is 1. The molecular formula is C16H25N5O2S. The zero-order valence-corrected chi connectivity index (χ0v) is 14.7. The number of hydrogen-bond donors (Lipinski definition) is 2. The molecule has 24 heavy (non-hydrogen) atoms. The topological polar surface area (TPSA) is 101 Å². The monoisotopic (exact) mass is 351 g/mol. The van der Waals surface area contributed by atoms with Crippen LogP contribution in [0.3, 0.4) is 0 Å². The summed E-state index contributed by atoms with van der Waals surface area (Å²) >= 11 is 1.34. The summed E-state index contributed by atoms with van der Waals surface area (Å²) in [5, 5.41) is 11.9. The molecule has 2 amide bonds. The fourth-order valence-corrected chi connectivity index (χ4v) is 4.27. The van der Waals surface area contributed by atoms with Crippen molar-refractivity contribution in [2.24, 2.45) is 5.92 Å². The molecule has 3 N–H and O–H groups in total. The normalized spacial score (nSPS) is 21.8. The third-order valence-electron chi connectivity index (χ3n) is 4.91. The van der Waals surface area contributed by atoms with Crippen LogP contribution in [-0.4, -0.2) is 46.0 Å². The minimum atomic E-state index is -0.307. The first-order valence-electron chi connectivity index (χ1n) is 8.81. The molecule has 2 heterocycles. The summed E-state index contributed by atoms with van der Waals surface area (Å²) in [5.41, 5.74) is 5.55. The molecular weight excluding hydrogens is 326 g/mol. The highest BCUT2D eigenvalue weighted by Gasteiger charge is 2.37. The lowest BCUT2D eigenvalue weighted by Crippen LogP contribution is -2.48. The highest BCUT2D eigenvalue weighted by molar-refractivity contribution is 7.15. The molecule has 1 aromatic rings. The Labute approximate surface area is 146 Å². The predicted molar refractivity (Wildman–Crippen MR) is 92.3 cm³/mol. The predicted octanol–water partition coefficient (Wildman–Crippen LogP) is 1.35. The molecule has 2 fully saturated rings. The minimum Gasteiger partial charge on any atom is -0.374 e. The second-order valence-corrected chi connectivity index (χ2v) is 7.69. The van der Waals surface area contributed by atoms with Crippen molar-refractivity contribution in [3.63, 3.8) is 0 Å². The first kappa shape index (κ1) is 17.1. The zero-order valence-electron chi connectivity index (χ0n) is 13.9. The highest BCUT2D eigenvalue weighted by atomic mass is 32.1. The maximum atomic E-state index is 12.7. The Hall–Kier alpha value is -1.70.